The normalized spacial score (nSPS) is 11.9. The number of hydrogen-bond acceptors (Lipinski definition) is 6. The smallest absolute Gasteiger partial charge is 0.306 e. The van der Waals surface area contributed by atoms with Crippen molar-refractivity contribution in [3.05, 3.63) is 0 Å². The molecule has 0 amide bonds. The van der Waals surface area contributed by atoms with Crippen LogP contribution in [0.3, 0.4) is 0 Å². The van der Waals surface area contributed by atoms with Gasteiger partial charge in [0.05, 0.1) is 0 Å². The zero-order valence-corrected chi connectivity index (χ0v) is 39.5. The number of rotatable bonds is 47. The first-order valence-electron chi connectivity index (χ1n) is 25.9. The van der Waals surface area contributed by atoms with Crippen LogP contribution in [0.25, 0.3) is 0 Å². The standard InChI is InChI=1S/C52H100O6/c1-5-7-9-11-13-15-16-17-18-19-20-21-24-28-31-35-39-43-50(53)56-46-49(58-52(55)45-41-37-33-26-14-12-10-8-6-2)47-57-51(54)44-40-36-32-29-25-22-23-27-30-34-38-42-48(3)4/h48-49H,5-47H2,1-4H3/t49-/m0/s1. The van der Waals surface area contributed by atoms with Crippen molar-refractivity contribution >= 4 is 17.9 Å². The highest BCUT2D eigenvalue weighted by atomic mass is 16.6. The summed E-state index contributed by atoms with van der Waals surface area (Å²) in [5.41, 5.74) is 0. The Bertz CT molecular complexity index is 872. The fourth-order valence-corrected chi connectivity index (χ4v) is 7.86. The number of esters is 3. The van der Waals surface area contributed by atoms with Crippen molar-refractivity contribution in [1.29, 1.82) is 0 Å². The molecule has 0 aliphatic rings. The van der Waals surface area contributed by atoms with E-state index in [0.29, 0.717) is 19.3 Å². The lowest BCUT2D eigenvalue weighted by Crippen LogP contribution is -2.30. The number of ether oxygens (including phenoxy) is 3. The van der Waals surface area contributed by atoms with Crippen LogP contribution in [-0.2, 0) is 28.6 Å². The van der Waals surface area contributed by atoms with E-state index >= 15 is 0 Å². The molecule has 0 spiro atoms. The van der Waals surface area contributed by atoms with Crippen LogP contribution < -0.4 is 0 Å². The molecule has 0 unspecified atom stereocenters. The Labute approximate surface area is 361 Å². The van der Waals surface area contributed by atoms with Gasteiger partial charge in [0.15, 0.2) is 6.10 Å². The number of hydrogen-bond donors (Lipinski definition) is 0. The summed E-state index contributed by atoms with van der Waals surface area (Å²) in [6.45, 7) is 9.01. The third kappa shape index (κ3) is 45.5. The number of carbonyl (C=O) groups is 3. The molecule has 6 heteroatoms. The fraction of sp³-hybridized carbons (Fsp3) is 0.942. The van der Waals surface area contributed by atoms with Crippen LogP contribution in [0.2, 0.25) is 0 Å². The SMILES string of the molecule is CCCCCCCCCCCCCCCCCCCC(=O)OC[C@@H](COC(=O)CCCCCCCCCCCCCC(C)C)OC(=O)CCCCCCCCCCC. The largest absolute Gasteiger partial charge is 0.462 e. The molecule has 344 valence electrons. The van der Waals surface area contributed by atoms with Gasteiger partial charge in [0.2, 0.25) is 0 Å². The van der Waals surface area contributed by atoms with Gasteiger partial charge < -0.3 is 14.2 Å². The zero-order valence-electron chi connectivity index (χ0n) is 39.5. The molecule has 0 saturated heterocycles. The van der Waals surface area contributed by atoms with Gasteiger partial charge in [-0.25, -0.2) is 0 Å². The summed E-state index contributed by atoms with van der Waals surface area (Å²) in [6.07, 6.45) is 48.1. The number of unbranched alkanes of at least 4 members (excludes halogenated alkanes) is 34. The quantitative estimate of drug-likeness (QED) is 0.0346. The van der Waals surface area contributed by atoms with Crippen molar-refractivity contribution in [2.45, 2.75) is 297 Å². The average Bonchev–Trinajstić information content (AvgIpc) is 3.21. The third-order valence-electron chi connectivity index (χ3n) is 11.8. The summed E-state index contributed by atoms with van der Waals surface area (Å²) in [4.78, 5) is 37.8. The van der Waals surface area contributed by atoms with E-state index in [0.717, 1.165) is 63.7 Å². The van der Waals surface area contributed by atoms with Gasteiger partial charge in [0.1, 0.15) is 13.2 Å². The van der Waals surface area contributed by atoms with E-state index in [-0.39, 0.29) is 31.1 Å². The van der Waals surface area contributed by atoms with Crippen molar-refractivity contribution in [2.75, 3.05) is 13.2 Å². The molecule has 0 saturated carbocycles. The van der Waals surface area contributed by atoms with Gasteiger partial charge in [-0.1, -0.05) is 252 Å². The summed E-state index contributed by atoms with van der Waals surface area (Å²) in [5.74, 6) is -0.0207. The number of carbonyl (C=O) groups excluding carboxylic acids is 3. The second kappa shape index (κ2) is 46.5. The van der Waals surface area contributed by atoms with Crippen LogP contribution in [-0.4, -0.2) is 37.2 Å². The molecule has 0 aliphatic carbocycles. The molecule has 0 aromatic rings. The summed E-state index contributed by atoms with van der Waals surface area (Å²) >= 11 is 0. The molecule has 58 heavy (non-hydrogen) atoms. The lowest BCUT2D eigenvalue weighted by molar-refractivity contribution is -0.167. The van der Waals surface area contributed by atoms with E-state index in [2.05, 4.69) is 27.7 Å². The maximum absolute atomic E-state index is 12.7. The Morgan fingerprint density at radius 3 is 0.845 bits per heavy atom. The van der Waals surface area contributed by atoms with Crippen LogP contribution in [0, 0.1) is 5.92 Å². The Morgan fingerprint density at radius 1 is 0.328 bits per heavy atom. The maximum atomic E-state index is 12.7. The first-order chi connectivity index (χ1) is 28.4. The molecule has 0 aromatic heterocycles. The van der Waals surface area contributed by atoms with Gasteiger partial charge in [-0.3, -0.25) is 14.4 Å². The molecule has 0 N–H and O–H groups in total. The summed E-state index contributed by atoms with van der Waals surface area (Å²) < 4.78 is 16.8. The zero-order chi connectivity index (χ0) is 42.4. The molecule has 0 aliphatic heterocycles. The van der Waals surface area contributed by atoms with Crippen LogP contribution in [0.15, 0.2) is 0 Å². The maximum Gasteiger partial charge on any atom is 0.306 e. The summed E-state index contributed by atoms with van der Waals surface area (Å²) in [6, 6.07) is 0. The molecule has 6 nitrogen and oxygen atoms in total. The topological polar surface area (TPSA) is 78.9 Å². The van der Waals surface area contributed by atoms with Gasteiger partial charge in [0.25, 0.3) is 0 Å². The minimum Gasteiger partial charge on any atom is -0.462 e. The van der Waals surface area contributed by atoms with Gasteiger partial charge >= 0.3 is 17.9 Å². The second-order valence-electron chi connectivity index (χ2n) is 18.3. The molecule has 0 fully saturated rings. The monoisotopic (exact) mass is 821 g/mol. The molecule has 0 radical (unpaired) electrons. The summed E-state index contributed by atoms with van der Waals surface area (Å²) in [7, 11) is 0. The minimum absolute atomic E-state index is 0.0630. The highest BCUT2D eigenvalue weighted by molar-refractivity contribution is 5.71. The second-order valence-corrected chi connectivity index (χ2v) is 18.3. The van der Waals surface area contributed by atoms with Crippen molar-refractivity contribution in [2.24, 2.45) is 5.92 Å². The fourth-order valence-electron chi connectivity index (χ4n) is 7.86. The van der Waals surface area contributed by atoms with E-state index < -0.39 is 6.10 Å². The Morgan fingerprint density at radius 2 is 0.569 bits per heavy atom. The van der Waals surface area contributed by atoms with E-state index in [4.69, 9.17) is 14.2 Å². The molecule has 0 heterocycles. The Kier molecular flexibility index (Phi) is 45.2. The molecule has 0 aromatic carbocycles. The molecule has 0 bridgehead atoms. The van der Waals surface area contributed by atoms with Gasteiger partial charge in [0, 0.05) is 19.3 Å². The van der Waals surface area contributed by atoms with E-state index in [9.17, 15) is 14.4 Å². The Balaban J connectivity index is 4.23. The van der Waals surface area contributed by atoms with Crippen molar-refractivity contribution in [1.82, 2.24) is 0 Å². The van der Waals surface area contributed by atoms with Crippen molar-refractivity contribution in [3.8, 4) is 0 Å². The first kappa shape index (κ1) is 56.4. The molecule has 0 rings (SSSR count). The molecular formula is C52H100O6. The highest BCUT2D eigenvalue weighted by Gasteiger charge is 2.19. The predicted molar refractivity (Wildman–Crippen MR) is 247 cm³/mol. The van der Waals surface area contributed by atoms with Gasteiger partial charge in [-0.05, 0) is 25.2 Å². The minimum atomic E-state index is -0.760. The van der Waals surface area contributed by atoms with Crippen molar-refractivity contribution < 1.29 is 28.6 Å². The molecular weight excluding hydrogens is 721 g/mol. The lowest BCUT2D eigenvalue weighted by Gasteiger charge is -2.18. The third-order valence-corrected chi connectivity index (χ3v) is 11.8. The van der Waals surface area contributed by atoms with Crippen molar-refractivity contribution in [3.63, 3.8) is 0 Å². The van der Waals surface area contributed by atoms with Crippen LogP contribution in [0.4, 0.5) is 0 Å². The Hall–Kier alpha value is -1.59. The van der Waals surface area contributed by atoms with Crippen LogP contribution >= 0.6 is 0 Å². The highest BCUT2D eigenvalue weighted by Crippen LogP contribution is 2.17. The lowest BCUT2D eigenvalue weighted by atomic mass is 10.0. The van der Waals surface area contributed by atoms with Gasteiger partial charge in [-0.2, -0.15) is 0 Å². The summed E-state index contributed by atoms with van der Waals surface area (Å²) in [5, 5.41) is 0. The predicted octanol–water partition coefficient (Wildman–Crippen LogP) is 16.7. The van der Waals surface area contributed by atoms with Crippen LogP contribution in [0.5, 0.6) is 0 Å². The average molecular weight is 821 g/mol. The van der Waals surface area contributed by atoms with E-state index in [1.54, 1.807) is 0 Å². The van der Waals surface area contributed by atoms with Crippen LogP contribution in [0.1, 0.15) is 291 Å². The first-order valence-corrected chi connectivity index (χ1v) is 25.9. The van der Waals surface area contributed by atoms with E-state index in [1.807, 2.05) is 0 Å². The van der Waals surface area contributed by atoms with E-state index in [1.165, 1.54) is 186 Å². The van der Waals surface area contributed by atoms with Gasteiger partial charge in [-0.15, -0.1) is 0 Å². The molecule has 1 atom stereocenters.